The zero-order chi connectivity index (χ0) is 15.9. The predicted octanol–water partition coefficient (Wildman–Crippen LogP) is 3.40. The lowest BCUT2D eigenvalue weighted by Gasteiger charge is -2.32. The monoisotopic (exact) mass is 311 g/mol. The minimum Gasteiger partial charge on any atom is -0.494 e. The number of para-hydroxylation sites is 1. The van der Waals surface area contributed by atoms with Crippen LogP contribution in [-0.4, -0.2) is 32.4 Å². The number of morpholine rings is 1. The van der Waals surface area contributed by atoms with Gasteiger partial charge in [0.15, 0.2) is 0 Å². The lowest BCUT2D eigenvalue weighted by molar-refractivity contribution is 0.0109. The molecule has 3 nitrogen and oxygen atoms in total. The van der Waals surface area contributed by atoms with Crippen LogP contribution >= 0.6 is 0 Å². The molecule has 122 valence electrons. The summed E-state index contributed by atoms with van der Waals surface area (Å²) >= 11 is 0. The minimum absolute atomic E-state index is 0.195. The Morgan fingerprint density at radius 1 is 1.13 bits per heavy atom. The Kier molecular flexibility index (Phi) is 5.67. The van der Waals surface area contributed by atoms with Crippen molar-refractivity contribution >= 4 is 0 Å². The Bertz CT molecular complexity index is 594. The van der Waals surface area contributed by atoms with Crippen molar-refractivity contribution in [3.63, 3.8) is 0 Å². The number of nitrogens with one attached hydrogen (secondary N) is 1. The van der Waals surface area contributed by atoms with Gasteiger partial charge in [0, 0.05) is 19.0 Å². The first kappa shape index (κ1) is 16.0. The Morgan fingerprint density at radius 2 is 1.91 bits per heavy atom. The predicted molar refractivity (Wildman–Crippen MR) is 93.1 cm³/mol. The molecule has 1 heterocycles. The molecule has 1 aliphatic rings. The second-order valence-corrected chi connectivity index (χ2v) is 5.88. The molecule has 1 saturated heterocycles. The first-order valence-corrected chi connectivity index (χ1v) is 8.46. The molecule has 0 bridgehead atoms. The van der Waals surface area contributed by atoms with Crippen LogP contribution in [0.2, 0.25) is 0 Å². The van der Waals surface area contributed by atoms with E-state index >= 15 is 0 Å². The summed E-state index contributed by atoms with van der Waals surface area (Å²) in [5.74, 6) is 1.31. The summed E-state index contributed by atoms with van der Waals surface area (Å²) in [6, 6.07) is 19.0. The fraction of sp³-hybridized carbons (Fsp3) is 0.400. The summed E-state index contributed by atoms with van der Waals surface area (Å²) in [7, 11) is 0. The van der Waals surface area contributed by atoms with E-state index in [1.807, 2.05) is 13.0 Å². The van der Waals surface area contributed by atoms with Crippen molar-refractivity contribution in [3.05, 3.63) is 65.7 Å². The molecule has 23 heavy (non-hydrogen) atoms. The fourth-order valence-electron chi connectivity index (χ4n) is 3.21. The molecule has 0 spiro atoms. The highest BCUT2D eigenvalue weighted by Crippen LogP contribution is 2.30. The highest BCUT2D eigenvalue weighted by molar-refractivity contribution is 5.36. The van der Waals surface area contributed by atoms with Crippen LogP contribution in [0.4, 0.5) is 0 Å². The van der Waals surface area contributed by atoms with E-state index in [9.17, 15) is 0 Å². The molecule has 1 aliphatic heterocycles. The number of hydrogen-bond acceptors (Lipinski definition) is 3. The van der Waals surface area contributed by atoms with E-state index in [0.717, 1.165) is 31.9 Å². The number of rotatable bonds is 6. The van der Waals surface area contributed by atoms with Crippen molar-refractivity contribution in [2.24, 2.45) is 0 Å². The third kappa shape index (κ3) is 4.12. The third-order valence-corrected chi connectivity index (χ3v) is 4.35. The van der Waals surface area contributed by atoms with E-state index in [0.29, 0.717) is 12.5 Å². The van der Waals surface area contributed by atoms with Crippen LogP contribution in [0.15, 0.2) is 54.6 Å². The maximum absolute atomic E-state index is 6.06. The van der Waals surface area contributed by atoms with Gasteiger partial charge in [-0.1, -0.05) is 48.5 Å². The third-order valence-electron chi connectivity index (χ3n) is 4.35. The van der Waals surface area contributed by atoms with Crippen LogP contribution in [0.1, 0.15) is 24.0 Å². The van der Waals surface area contributed by atoms with Gasteiger partial charge in [0.1, 0.15) is 5.75 Å². The molecular weight excluding hydrogens is 286 g/mol. The maximum atomic E-state index is 6.06. The summed E-state index contributed by atoms with van der Waals surface area (Å²) in [5, 5.41) is 3.45. The van der Waals surface area contributed by atoms with Gasteiger partial charge in [-0.15, -0.1) is 0 Å². The molecule has 0 unspecified atom stereocenters. The van der Waals surface area contributed by atoms with Crippen LogP contribution in [0.25, 0.3) is 0 Å². The molecule has 3 heteroatoms. The largest absolute Gasteiger partial charge is 0.494 e. The van der Waals surface area contributed by atoms with Gasteiger partial charge in [-0.3, -0.25) is 0 Å². The van der Waals surface area contributed by atoms with Crippen LogP contribution in [0.3, 0.4) is 0 Å². The summed E-state index contributed by atoms with van der Waals surface area (Å²) in [4.78, 5) is 0. The van der Waals surface area contributed by atoms with Gasteiger partial charge in [-0.25, -0.2) is 0 Å². The molecule has 2 aromatic rings. The summed E-state index contributed by atoms with van der Waals surface area (Å²) in [5.41, 5.74) is 2.57. The van der Waals surface area contributed by atoms with Gasteiger partial charge in [0.2, 0.25) is 0 Å². The Hall–Kier alpha value is -1.84. The molecule has 0 aromatic heterocycles. The van der Waals surface area contributed by atoms with Gasteiger partial charge in [-0.2, -0.15) is 0 Å². The first-order chi connectivity index (χ1) is 11.4. The average Bonchev–Trinajstić information content (AvgIpc) is 2.63. The summed E-state index contributed by atoms with van der Waals surface area (Å²) in [6.07, 6.45) is 1.12. The molecular formula is C20H25NO2. The molecule has 2 atom stereocenters. The Labute approximate surface area is 138 Å². The van der Waals surface area contributed by atoms with Crippen molar-refractivity contribution < 1.29 is 9.47 Å². The molecule has 0 aliphatic carbocycles. The van der Waals surface area contributed by atoms with E-state index < -0.39 is 0 Å². The van der Waals surface area contributed by atoms with Gasteiger partial charge in [0.05, 0.1) is 19.3 Å². The van der Waals surface area contributed by atoms with Gasteiger partial charge in [-0.05, 0) is 30.5 Å². The number of hydrogen-bond donors (Lipinski definition) is 1. The summed E-state index contributed by atoms with van der Waals surface area (Å²) in [6.45, 7) is 5.33. The van der Waals surface area contributed by atoms with Gasteiger partial charge < -0.3 is 14.8 Å². The maximum Gasteiger partial charge on any atom is 0.122 e. The second kappa shape index (κ2) is 8.14. The van der Waals surface area contributed by atoms with E-state index in [1.54, 1.807) is 0 Å². The van der Waals surface area contributed by atoms with Crippen molar-refractivity contribution in [2.75, 3.05) is 26.3 Å². The van der Waals surface area contributed by atoms with E-state index in [1.165, 1.54) is 11.1 Å². The lowest BCUT2D eigenvalue weighted by atomic mass is 9.86. The first-order valence-electron chi connectivity index (χ1n) is 8.46. The SMILES string of the molecule is CCOc1ccccc1C[C@H](c1ccccc1)[C@@H]1CNCCO1. The molecule has 0 amide bonds. The molecule has 1 fully saturated rings. The normalized spacial score (nSPS) is 19.3. The number of ether oxygens (including phenoxy) is 2. The fourth-order valence-corrected chi connectivity index (χ4v) is 3.21. The van der Waals surface area contributed by atoms with Crippen molar-refractivity contribution in [3.8, 4) is 5.75 Å². The highest BCUT2D eigenvalue weighted by atomic mass is 16.5. The zero-order valence-corrected chi connectivity index (χ0v) is 13.7. The molecule has 0 saturated carbocycles. The lowest BCUT2D eigenvalue weighted by Crippen LogP contribution is -2.42. The zero-order valence-electron chi connectivity index (χ0n) is 13.7. The van der Waals surface area contributed by atoms with Crippen molar-refractivity contribution in [1.82, 2.24) is 5.32 Å². The second-order valence-electron chi connectivity index (χ2n) is 5.88. The van der Waals surface area contributed by atoms with E-state index in [-0.39, 0.29) is 6.10 Å². The standard InChI is InChI=1S/C20H25NO2/c1-2-22-19-11-7-6-10-17(19)14-18(16-8-4-3-5-9-16)20-15-21-12-13-23-20/h3-11,18,20-21H,2,12-15H2,1H3/t18-,20+/m1/s1. The van der Waals surface area contributed by atoms with Gasteiger partial charge in [0.25, 0.3) is 0 Å². The number of benzene rings is 2. The molecule has 1 N–H and O–H groups in total. The minimum atomic E-state index is 0.195. The van der Waals surface area contributed by atoms with Crippen LogP contribution in [0, 0.1) is 0 Å². The van der Waals surface area contributed by atoms with E-state index in [2.05, 4.69) is 53.8 Å². The smallest absolute Gasteiger partial charge is 0.122 e. The Balaban J connectivity index is 1.86. The van der Waals surface area contributed by atoms with Crippen molar-refractivity contribution in [2.45, 2.75) is 25.4 Å². The summed E-state index contributed by atoms with van der Waals surface area (Å²) < 4.78 is 11.9. The highest BCUT2D eigenvalue weighted by Gasteiger charge is 2.27. The van der Waals surface area contributed by atoms with Crippen LogP contribution in [-0.2, 0) is 11.2 Å². The van der Waals surface area contributed by atoms with E-state index in [4.69, 9.17) is 9.47 Å². The average molecular weight is 311 g/mol. The van der Waals surface area contributed by atoms with Crippen LogP contribution < -0.4 is 10.1 Å². The molecule has 3 rings (SSSR count). The molecule has 0 radical (unpaired) electrons. The quantitative estimate of drug-likeness (QED) is 0.887. The Morgan fingerprint density at radius 3 is 2.65 bits per heavy atom. The van der Waals surface area contributed by atoms with Crippen molar-refractivity contribution in [1.29, 1.82) is 0 Å². The van der Waals surface area contributed by atoms with Gasteiger partial charge >= 0.3 is 0 Å². The topological polar surface area (TPSA) is 30.5 Å². The molecule has 2 aromatic carbocycles. The van der Waals surface area contributed by atoms with Crippen LogP contribution in [0.5, 0.6) is 5.75 Å².